The van der Waals surface area contributed by atoms with Crippen LogP contribution in [0.3, 0.4) is 0 Å². The van der Waals surface area contributed by atoms with Crippen molar-refractivity contribution in [3.8, 4) is 0 Å². The van der Waals surface area contributed by atoms with E-state index in [9.17, 15) is 0 Å². The molecule has 14 heavy (non-hydrogen) atoms. The first-order chi connectivity index (χ1) is 6.90. The van der Waals surface area contributed by atoms with E-state index in [0.29, 0.717) is 12.1 Å². The Morgan fingerprint density at radius 1 is 1.79 bits per heavy atom. The lowest BCUT2D eigenvalue weighted by Gasteiger charge is -2.21. The summed E-state index contributed by atoms with van der Waals surface area (Å²) in [6.45, 7) is 0.904. The molecule has 1 saturated heterocycles. The number of nitrogens with zero attached hydrogens (tertiary/aromatic N) is 1. The van der Waals surface area contributed by atoms with Gasteiger partial charge in [-0.25, -0.2) is 4.98 Å². The van der Waals surface area contributed by atoms with E-state index in [4.69, 9.17) is 4.74 Å². The van der Waals surface area contributed by atoms with Crippen LogP contribution >= 0.6 is 0 Å². The van der Waals surface area contributed by atoms with E-state index in [-0.39, 0.29) is 0 Å². The number of hydrogen-bond donors (Lipinski definition) is 2. The number of rotatable bonds is 4. The highest BCUT2D eigenvalue weighted by atomic mass is 16.5. The quantitative estimate of drug-likeness (QED) is 0.744. The van der Waals surface area contributed by atoms with E-state index in [2.05, 4.69) is 15.3 Å². The van der Waals surface area contributed by atoms with Crippen LogP contribution in [-0.2, 0) is 11.2 Å². The number of H-pyrrole nitrogens is 1. The number of ether oxygens (including phenoxy) is 1. The van der Waals surface area contributed by atoms with E-state index in [1.54, 1.807) is 6.20 Å². The van der Waals surface area contributed by atoms with Crippen LogP contribution in [0.2, 0.25) is 0 Å². The SMILES string of the molecule is CNC(Cc1ncc[nH]1)C1CCCO1. The molecule has 1 aliphatic heterocycles. The Hall–Kier alpha value is -0.870. The van der Waals surface area contributed by atoms with Crippen molar-refractivity contribution in [2.75, 3.05) is 13.7 Å². The van der Waals surface area contributed by atoms with E-state index < -0.39 is 0 Å². The predicted octanol–water partition coefficient (Wildman–Crippen LogP) is 0.719. The van der Waals surface area contributed by atoms with Gasteiger partial charge in [0.1, 0.15) is 5.82 Å². The zero-order chi connectivity index (χ0) is 9.80. The van der Waals surface area contributed by atoms with Crippen molar-refractivity contribution in [3.63, 3.8) is 0 Å². The summed E-state index contributed by atoms with van der Waals surface area (Å²) in [6, 6.07) is 0.378. The standard InChI is InChI=1S/C10H17N3O/c1-11-8(9-3-2-6-14-9)7-10-12-4-5-13-10/h4-5,8-9,11H,2-3,6-7H2,1H3,(H,12,13). The highest BCUT2D eigenvalue weighted by Crippen LogP contribution is 2.17. The minimum absolute atomic E-state index is 0.352. The van der Waals surface area contributed by atoms with Crippen molar-refractivity contribution in [1.82, 2.24) is 15.3 Å². The second-order valence-electron chi connectivity index (χ2n) is 3.69. The van der Waals surface area contributed by atoms with Crippen LogP contribution in [0.5, 0.6) is 0 Å². The lowest BCUT2D eigenvalue weighted by atomic mass is 10.0. The maximum Gasteiger partial charge on any atom is 0.107 e. The highest BCUT2D eigenvalue weighted by molar-refractivity contribution is 4.94. The Balaban J connectivity index is 1.92. The Labute approximate surface area is 84.1 Å². The molecule has 0 radical (unpaired) electrons. The maximum absolute atomic E-state index is 5.65. The van der Waals surface area contributed by atoms with Crippen molar-refractivity contribution in [2.24, 2.45) is 0 Å². The third-order valence-electron chi connectivity index (χ3n) is 2.75. The van der Waals surface area contributed by atoms with Crippen molar-refractivity contribution in [3.05, 3.63) is 18.2 Å². The van der Waals surface area contributed by atoms with Gasteiger partial charge in [-0.2, -0.15) is 0 Å². The molecule has 2 heterocycles. The minimum atomic E-state index is 0.352. The third-order valence-corrected chi connectivity index (χ3v) is 2.75. The van der Waals surface area contributed by atoms with Crippen LogP contribution in [-0.4, -0.2) is 35.8 Å². The largest absolute Gasteiger partial charge is 0.377 e. The van der Waals surface area contributed by atoms with Gasteiger partial charge in [-0.1, -0.05) is 0 Å². The van der Waals surface area contributed by atoms with Crippen LogP contribution in [0.4, 0.5) is 0 Å². The molecule has 2 N–H and O–H groups in total. The molecule has 1 aromatic heterocycles. The van der Waals surface area contributed by atoms with E-state index in [0.717, 1.165) is 25.3 Å². The van der Waals surface area contributed by atoms with Gasteiger partial charge in [-0.15, -0.1) is 0 Å². The van der Waals surface area contributed by atoms with Gasteiger partial charge in [0.25, 0.3) is 0 Å². The van der Waals surface area contributed by atoms with Gasteiger partial charge in [0.05, 0.1) is 6.10 Å². The van der Waals surface area contributed by atoms with Gasteiger partial charge >= 0.3 is 0 Å². The van der Waals surface area contributed by atoms with E-state index >= 15 is 0 Å². The second kappa shape index (κ2) is 4.57. The number of hydrogen-bond acceptors (Lipinski definition) is 3. The molecule has 0 bridgehead atoms. The molecule has 1 fully saturated rings. The molecular weight excluding hydrogens is 178 g/mol. The van der Waals surface area contributed by atoms with E-state index in [1.807, 2.05) is 13.2 Å². The van der Waals surface area contributed by atoms with Crippen molar-refractivity contribution >= 4 is 0 Å². The molecule has 4 heteroatoms. The fraction of sp³-hybridized carbons (Fsp3) is 0.700. The summed E-state index contributed by atoms with van der Waals surface area (Å²) in [5, 5.41) is 3.30. The third kappa shape index (κ3) is 2.13. The molecular formula is C10H17N3O. The van der Waals surface area contributed by atoms with Crippen LogP contribution in [0.1, 0.15) is 18.7 Å². The van der Waals surface area contributed by atoms with Crippen LogP contribution in [0.15, 0.2) is 12.4 Å². The summed E-state index contributed by atoms with van der Waals surface area (Å²) >= 11 is 0. The van der Waals surface area contributed by atoms with Crippen molar-refractivity contribution in [1.29, 1.82) is 0 Å². The molecule has 0 saturated carbocycles. The van der Waals surface area contributed by atoms with Gasteiger partial charge in [-0.3, -0.25) is 0 Å². The Kier molecular flexibility index (Phi) is 3.16. The van der Waals surface area contributed by atoms with Gasteiger partial charge < -0.3 is 15.0 Å². The number of aromatic nitrogens is 2. The lowest BCUT2D eigenvalue weighted by molar-refractivity contribution is 0.0803. The Morgan fingerprint density at radius 3 is 3.29 bits per heavy atom. The molecule has 0 amide bonds. The number of likely N-dealkylation sites (N-methyl/N-ethyl adjacent to an activating group) is 1. The van der Waals surface area contributed by atoms with Crippen LogP contribution in [0, 0.1) is 0 Å². The summed E-state index contributed by atoms with van der Waals surface area (Å²) in [5.41, 5.74) is 0. The molecule has 78 valence electrons. The van der Waals surface area contributed by atoms with Crippen molar-refractivity contribution < 1.29 is 4.74 Å². The lowest BCUT2D eigenvalue weighted by Crippen LogP contribution is -2.39. The minimum Gasteiger partial charge on any atom is -0.377 e. The first-order valence-electron chi connectivity index (χ1n) is 5.17. The summed E-state index contributed by atoms with van der Waals surface area (Å²) in [7, 11) is 1.98. The van der Waals surface area contributed by atoms with Gasteiger partial charge in [0.2, 0.25) is 0 Å². The average molecular weight is 195 g/mol. The zero-order valence-corrected chi connectivity index (χ0v) is 8.49. The Morgan fingerprint density at radius 2 is 2.71 bits per heavy atom. The summed E-state index contributed by atoms with van der Waals surface area (Å²) < 4.78 is 5.65. The summed E-state index contributed by atoms with van der Waals surface area (Å²) in [5.74, 6) is 1.03. The Bertz CT molecular complexity index is 254. The molecule has 0 aromatic carbocycles. The molecule has 2 rings (SSSR count). The number of nitrogens with one attached hydrogen (secondary N) is 2. The molecule has 1 aromatic rings. The van der Waals surface area contributed by atoms with Crippen LogP contribution < -0.4 is 5.32 Å². The predicted molar refractivity (Wildman–Crippen MR) is 54.1 cm³/mol. The van der Waals surface area contributed by atoms with Crippen LogP contribution in [0.25, 0.3) is 0 Å². The fourth-order valence-electron chi connectivity index (χ4n) is 1.96. The van der Waals surface area contributed by atoms with Crippen molar-refractivity contribution in [2.45, 2.75) is 31.4 Å². The average Bonchev–Trinajstić information content (AvgIpc) is 2.86. The van der Waals surface area contributed by atoms with E-state index in [1.165, 1.54) is 6.42 Å². The highest BCUT2D eigenvalue weighted by Gasteiger charge is 2.25. The first kappa shape index (κ1) is 9.68. The van der Waals surface area contributed by atoms with Gasteiger partial charge in [0, 0.05) is 31.5 Å². The monoisotopic (exact) mass is 195 g/mol. The zero-order valence-electron chi connectivity index (χ0n) is 8.49. The fourth-order valence-corrected chi connectivity index (χ4v) is 1.96. The molecule has 4 nitrogen and oxygen atoms in total. The summed E-state index contributed by atoms with van der Waals surface area (Å²) in [6.07, 6.45) is 7.25. The molecule has 2 atom stereocenters. The normalized spacial score (nSPS) is 23.9. The molecule has 1 aliphatic rings. The molecule has 2 unspecified atom stereocenters. The van der Waals surface area contributed by atoms with Gasteiger partial charge in [-0.05, 0) is 19.9 Å². The maximum atomic E-state index is 5.65. The first-order valence-corrected chi connectivity index (χ1v) is 5.17. The molecule has 0 spiro atoms. The summed E-state index contributed by atoms with van der Waals surface area (Å²) in [4.78, 5) is 7.34. The second-order valence-corrected chi connectivity index (χ2v) is 3.69. The smallest absolute Gasteiger partial charge is 0.107 e. The molecule has 0 aliphatic carbocycles. The number of aromatic amines is 1. The topological polar surface area (TPSA) is 49.9 Å². The number of imidazole rings is 1. The van der Waals surface area contributed by atoms with Gasteiger partial charge in [0.15, 0.2) is 0 Å².